The fourth-order valence-electron chi connectivity index (χ4n) is 2.25. The SMILES string of the molecule is CCOC(=O)N1CCc2nc(NC(=O)c3cc(C)on3)sc2C1. The summed E-state index contributed by atoms with van der Waals surface area (Å²) in [6, 6.07) is 1.56. The number of anilines is 1. The van der Waals surface area contributed by atoms with E-state index in [4.69, 9.17) is 9.26 Å². The van der Waals surface area contributed by atoms with Gasteiger partial charge in [-0.3, -0.25) is 10.1 Å². The zero-order valence-corrected chi connectivity index (χ0v) is 13.6. The molecular formula is C14H16N4O4S. The van der Waals surface area contributed by atoms with Gasteiger partial charge in [0.25, 0.3) is 5.91 Å². The molecule has 3 rings (SSSR count). The average molecular weight is 336 g/mol. The Bertz CT molecular complexity index is 739. The summed E-state index contributed by atoms with van der Waals surface area (Å²) in [6.45, 7) is 4.86. The van der Waals surface area contributed by atoms with Crippen molar-refractivity contribution in [3.05, 3.63) is 28.1 Å². The summed E-state index contributed by atoms with van der Waals surface area (Å²) in [4.78, 5) is 30.8. The predicted molar refractivity (Wildman–Crippen MR) is 82.4 cm³/mol. The van der Waals surface area contributed by atoms with Crippen molar-refractivity contribution < 1.29 is 18.8 Å². The van der Waals surface area contributed by atoms with Gasteiger partial charge in [-0.2, -0.15) is 0 Å². The lowest BCUT2D eigenvalue weighted by molar-refractivity contribution is 0.101. The van der Waals surface area contributed by atoms with Crippen molar-refractivity contribution in [2.75, 3.05) is 18.5 Å². The fourth-order valence-corrected chi connectivity index (χ4v) is 3.27. The number of aryl methyl sites for hydroxylation is 1. The molecule has 0 saturated carbocycles. The fraction of sp³-hybridized carbons (Fsp3) is 0.429. The van der Waals surface area contributed by atoms with Crippen LogP contribution < -0.4 is 5.32 Å². The van der Waals surface area contributed by atoms with Crippen molar-refractivity contribution in [2.24, 2.45) is 0 Å². The molecule has 9 heteroatoms. The van der Waals surface area contributed by atoms with Gasteiger partial charge in [0.1, 0.15) is 5.76 Å². The number of carbonyl (C=O) groups is 2. The number of hydrogen-bond donors (Lipinski definition) is 1. The highest BCUT2D eigenvalue weighted by molar-refractivity contribution is 7.15. The van der Waals surface area contributed by atoms with Crippen LogP contribution in [0.15, 0.2) is 10.6 Å². The van der Waals surface area contributed by atoms with Crippen molar-refractivity contribution in [1.82, 2.24) is 15.0 Å². The summed E-state index contributed by atoms with van der Waals surface area (Å²) in [6.07, 6.45) is 0.319. The third kappa shape index (κ3) is 3.34. The van der Waals surface area contributed by atoms with Crippen LogP contribution in [-0.2, 0) is 17.7 Å². The summed E-state index contributed by atoms with van der Waals surface area (Å²) in [5, 5.41) is 6.87. The zero-order valence-electron chi connectivity index (χ0n) is 12.8. The highest BCUT2D eigenvalue weighted by Gasteiger charge is 2.25. The van der Waals surface area contributed by atoms with E-state index in [1.165, 1.54) is 11.3 Å². The number of hydrogen-bond acceptors (Lipinski definition) is 7. The molecule has 3 heterocycles. The molecule has 1 aliphatic rings. The molecule has 0 spiro atoms. The van der Waals surface area contributed by atoms with Crippen molar-refractivity contribution in [3.8, 4) is 0 Å². The molecule has 1 N–H and O–H groups in total. The lowest BCUT2D eigenvalue weighted by Gasteiger charge is -2.24. The summed E-state index contributed by atoms with van der Waals surface area (Å²) < 4.78 is 9.89. The van der Waals surface area contributed by atoms with Gasteiger partial charge in [-0.15, -0.1) is 0 Å². The van der Waals surface area contributed by atoms with Gasteiger partial charge in [0, 0.05) is 23.9 Å². The molecule has 0 saturated heterocycles. The minimum atomic E-state index is -0.366. The number of ether oxygens (including phenoxy) is 1. The zero-order chi connectivity index (χ0) is 16.4. The molecule has 2 aromatic rings. The van der Waals surface area contributed by atoms with Crippen LogP contribution in [0.1, 0.15) is 33.7 Å². The number of thiazole rings is 1. The number of rotatable bonds is 3. The second-order valence-electron chi connectivity index (χ2n) is 5.04. The van der Waals surface area contributed by atoms with Crippen LogP contribution in [0.25, 0.3) is 0 Å². The molecule has 0 radical (unpaired) electrons. The lowest BCUT2D eigenvalue weighted by atomic mass is 10.2. The standard InChI is InChI=1S/C14H16N4O4S/c1-3-21-14(20)18-5-4-9-11(7-18)23-13(15-9)16-12(19)10-6-8(2)22-17-10/h6H,3-5,7H2,1-2H3,(H,15,16,19). The minimum absolute atomic E-state index is 0.212. The molecule has 2 amide bonds. The number of fused-ring (bicyclic) bond motifs is 1. The molecule has 0 bridgehead atoms. The van der Waals surface area contributed by atoms with Crippen molar-refractivity contribution in [3.63, 3.8) is 0 Å². The average Bonchev–Trinajstić information content (AvgIpc) is 3.12. The first-order valence-corrected chi connectivity index (χ1v) is 8.03. The Balaban J connectivity index is 1.68. The Morgan fingerprint density at radius 1 is 1.52 bits per heavy atom. The predicted octanol–water partition coefficient (Wildman–Crippen LogP) is 2.21. The van der Waals surface area contributed by atoms with Gasteiger partial charge in [-0.05, 0) is 13.8 Å². The van der Waals surface area contributed by atoms with E-state index < -0.39 is 0 Å². The van der Waals surface area contributed by atoms with Gasteiger partial charge in [0.15, 0.2) is 10.8 Å². The monoisotopic (exact) mass is 336 g/mol. The number of carbonyl (C=O) groups excluding carboxylic acids is 2. The number of amides is 2. The third-order valence-electron chi connectivity index (χ3n) is 3.34. The molecule has 23 heavy (non-hydrogen) atoms. The van der Waals surface area contributed by atoms with Gasteiger partial charge in [0.05, 0.1) is 18.8 Å². The molecule has 0 atom stereocenters. The highest BCUT2D eigenvalue weighted by Crippen LogP contribution is 2.28. The van der Waals surface area contributed by atoms with Crippen molar-refractivity contribution in [1.29, 1.82) is 0 Å². The molecule has 0 aliphatic carbocycles. The summed E-state index contributed by atoms with van der Waals surface area (Å²) >= 11 is 1.35. The molecule has 122 valence electrons. The van der Waals surface area contributed by atoms with E-state index in [0.717, 1.165) is 10.6 Å². The maximum Gasteiger partial charge on any atom is 0.410 e. The maximum atomic E-state index is 12.0. The second kappa shape index (κ2) is 6.37. The summed E-state index contributed by atoms with van der Waals surface area (Å²) in [5.74, 6) is 0.203. The summed E-state index contributed by atoms with van der Waals surface area (Å²) in [7, 11) is 0. The van der Waals surface area contributed by atoms with E-state index in [-0.39, 0.29) is 17.7 Å². The van der Waals surface area contributed by atoms with Gasteiger partial charge in [-0.1, -0.05) is 16.5 Å². The van der Waals surface area contributed by atoms with E-state index in [9.17, 15) is 9.59 Å². The first kappa shape index (κ1) is 15.5. The molecule has 0 fully saturated rings. The van der Waals surface area contributed by atoms with Crippen LogP contribution >= 0.6 is 11.3 Å². The molecule has 1 aliphatic heterocycles. The highest BCUT2D eigenvalue weighted by atomic mass is 32.1. The van der Waals surface area contributed by atoms with Gasteiger partial charge >= 0.3 is 6.09 Å². The molecule has 0 unspecified atom stereocenters. The first-order chi connectivity index (χ1) is 11.1. The molecule has 0 aromatic carbocycles. The third-order valence-corrected chi connectivity index (χ3v) is 4.34. The van der Waals surface area contributed by atoms with E-state index in [2.05, 4.69) is 15.5 Å². The van der Waals surface area contributed by atoms with Crippen LogP contribution in [-0.4, -0.2) is 40.2 Å². The van der Waals surface area contributed by atoms with Crippen LogP contribution in [0.3, 0.4) is 0 Å². The molecule has 8 nitrogen and oxygen atoms in total. The normalized spacial score (nSPS) is 13.6. The van der Waals surface area contributed by atoms with E-state index in [0.29, 0.717) is 37.0 Å². The van der Waals surface area contributed by atoms with Crippen LogP contribution in [0.5, 0.6) is 0 Å². The number of aromatic nitrogens is 2. The van der Waals surface area contributed by atoms with Crippen LogP contribution in [0.2, 0.25) is 0 Å². The minimum Gasteiger partial charge on any atom is -0.450 e. The van der Waals surface area contributed by atoms with Gasteiger partial charge in [0.2, 0.25) is 0 Å². The Labute approximate surface area is 136 Å². The largest absolute Gasteiger partial charge is 0.450 e. The van der Waals surface area contributed by atoms with E-state index >= 15 is 0 Å². The smallest absolute Gasteiger partial charge is 0.410 e. The number of nitrogens with zero attached hydrogens (tertiary/aromatic N) is 3. The van der Waals surface area contributed by atoms with Gasteiger partial charge in [-0.25, -0.2) is 9.78 Å². The quantitative estimate of drug-likeness (QED) is 0.923. The molecular weight excluding hydrogens is 320 g/mol. The Morgan fingerprint density at radius 2 is 2.35 bits per heavy atom. The van der Waals surface area contributed by atoms with E-state index in [1.54, 1.807) is 24.8 Å². The molecule has 2 aromatic heterocycles. The number of nitrogens with one attached hydrogen (secondary N) is 1. The Morgan fingerprint density at radius 3 is 3.04 bits per heavy atom. The Hall–Kier alpha value is -2.42. The maximum absolute atomic E-state index is 12.0. The van der Waals surface area contributed by atoms with Crippen molar-refractivity contribution >= 4 is 28.5 Å². The summed E-state index contributed by atoms with van der Waals surface area (Å²) in [5.41, 5.74) is 1.12. The van der Waals surface area contributed by atoms with Crippen molar-refractivity contribution in [2.45, 2.75) is 26.8 Å². The Kier molecular flexibility index (Phi) is 4.28. The first-order valence-electron chi connectivity index (χ1n) is 7.21. The lowest BCUT2D eigenvalue weighted by Crippen LogP contribution is -2.35. The van der Waals surface area contributed by atoms with Gasteiger partial charge < -0.3 is 14.2 Å². The van der Waals surface area contributed by atoms with Crippen LogP contribution in [0, 0.1) is 6.92 Å². The van der Waals surface area contributed by atoms with Crippen LogP contribution in [0.4, 0.5) is 9.93 Å². The van der Waals surface area contributed by atoms with E-state index in [1.807, 2.05) is 0 Å². The second-order valence-corrected chi connectivity index (χ2v) is 6.12. The topological polar surface area (TPSA) is 97.6 Å².